The summed E-state index contributed by atoms with van der Waals surface area (Å²) in [6.07, 6.45) is 14.3. The molecule has 0 radical (unpaired) electrons. The average molecular weight is 1880 g/mol. The molecule has 0 fully saturated rings. The van der Waals surface area contributed by atoms with Gasteiger partial charge in [-0.05, 0) is 284 Å². The van der Waals surface area contributed by atoms with E-state index in [9.17, 15) is 0 Å². The third-order valence-corrected chi connectivity index (χ3v) is 25.2. The van der Waals surface area contributed by atoms with Crippen LogP contribution in [0, 0.1) is 6.57 Å². The molecule has 3 heterocycles. The number of nitrogens with zero attached hydrogens (tertiary/aromatic N) is 8. The Kier molecular flexibility index (Phi) is 26.4. The van der Waals surface area contributed by atoms with Gasteiger partial charge in [0.1, 0.15) is 0 Å². The quantitative estimate of drug-likeness (QED) is 0.0545. The summed E-state index contributed by atoms with van der Waals surface area (Å²) >= 11 is 0. The number of pyridine rings is 2. The summed E-state index contributed by atoms with van der Waals surface area (Å²) in [5.41, 5.74) is 27.7. The number of para-hydroxylation sites is 8. The number of benzene rings is 20. The predicted octanol–water partition coefficient (Wildman–Crippen LogP) is 38.3. The highest BCUT2D eigenvalue weighted by atomic mass is 15.2. The van der Waals surface area contributed by atoms with Gasteiger partial charge >= 0.3 is 0 Å². The summed E-state index contributed by atoms with van der Waals surface area (Å²) in [4.78, 5) is 19.4. The maximum Gasteiger partial charge on any atom is 0.187 e. The van der Waals surface area contributed by atoms with Crippen molar-refractivity contribution in [2.75, 3.05) is 30.2 Å². The second-order valence-electron chi connectivity index (χ2n) is 34.5. The van der Waals surface area contributed by atoms with E-state index in [1.54, 1.807) is 67.3 Å². The van der Waals surface area contributed by atoms with Gasteiger partial charge in [0, 0.05) is 114 Å². The Hall–Kier alpha value is -19.2. The molecule has 0 bridgehead atoms. The van der Waals surface area contributed by atoms with Crippen molar-refractivity contribution in [3.63, 3.8) is 0 Å². The van der Waals surface area contributed by atoms with Gasteiger partial charge in [0.15, 0.2) is 5.69 Å². The molecule has 0 spiro atoms. The van der Waals surface area contributed by atoms with Crippen LogP contribution < -0.4 is 30.2 Å². The summed E-state index contributed by atoms with van der Waals surface area (Å²) in [6.45, 7) is 26.8. The Morgan fingerprint density at radius 3 is 1.18 bits per heavy atom. The van der Waals surface area contributed by atoms with Crippen molar-refractivity contribution in [3.05, 3.63) is 593 Å². The maximum atomic E-state index is 8.35. The molecule has 0 saturated carbocycles. The Morgan fingerprint density at radius 2 is 0.683 bits per heavy atom. The molecule has 24 rings (SSSR count). The number of hydrogen-bond donors (Lipinski definition) is 2. The van der Waals surface area contributed by atoms with Crippen LogP contribution >= 0.6 is 0 Å². The molecule has 145 heavy (non-hydrogen) atoms. The smallest absolute Gasteiger partial charge is 0.187 e. The lowest BCUT2D eigenvalue weighted by Crippen LogP contribution is -2.16. The first-order valence-corrected chi connectivity index (χ1v) is 47.4. The van der Waals surface area contributed by atoms with Crippen molar-refractivity contribution in [1.82, 2.24) is 14.5 Å². The predicted molar refractivity (Wildman–Crippen MR) is 621 cm³/mol. The normalized spacial score (nSPS) is 12.0. The zero-order chi connectivity index (χ0) is 107. The van der Waals surface area contributed by atoms with Gasteiger partial charge in [-0.1, -0.05) is 357 Å². The van der Waals surface area contributed by atoms with E-state index < -0.39 is 60.4 Å². The van der Waals surface area contributed by atoms with Gasteiger partial charge in [-0.15, -0.1) is 0 Å². The van der Waals surface area contributed by atoms with Crippen LogP contribution in [0.4, 0.5) is 96.7 Å². The zero-order valence-electron chi connectivity index (χ0n) is 89.6. The van der Waals surface area contributed by atoms with Crippen LogP contribution in [0.5, 0.6) is 0 Å². The van der Waals surface area contributed by atoms with Crippen molar-refractivity contribution in [1.29, 1.82) is 0 Å². The number of hydrogen-bond acceptors (Lipinski definition) is 8. The minimum atomic E-state index is -0.601. The van der Waals surface area contributed by atoms with Crippen molar-refractivity contribution in [2.24, 2.45) is 0 Å². The zero-order valence-corrected chi connectivity index (χ0v) is 79.6. The van der Waals surface area contributed by atoms with Crippen molar-refractivity contribution >= 4 is 175 Å². The maximum absolute atomic E-state index is 8.35. The molecule has 0 saturated heterocycles. The minimum absolute atomic E-state index is 0. The SMILES string of the molecule is C.C=Cc1ccc(N(c2ccccc2)c2ccc3c(c2)C(C)(C)c2ccccc2-3)cc1.C=Cc1ccc(N(c2ccccc2)c2ccc3c(c2)c2ccccc2n3-c2ccccc2)cc1.C=Cc1ccc(N(c2ccccc2)c2ccc3ccc4cccc5ccc2c3c45)cc1.[2H]c1c([2H])c([2H])c(N(c2ccc(C=C)cc2)c2c([2H])c([2H])c([2H])c([2H])c2[2H])c([2H])c1[2H].[C-]#[N+]c1ccc(Nc2ccccc2)cc1.c1cncc(Nc2cccnc2)c1. The lowest BCUT2D eigenvalue weighted by Gasteiger charge is -2.28. The molecule has 0 unspecified atom stereocenters. The topological polar surface area (TPSA) is 72.1 Å². The van der Waals surface area contributed by atoms with Crippen molar-refractivity contribution in [2.45, 2.75) is 26.7 Å². The van der Waals surface area contributed by atoms with Crippen LogP contribution in [-0.4, -0.2) is 14.5 Å². The molecule has 23 aromatic rings. The number of rotatable bonds is 21. The summed E-state index contributed by atoms with van der Waals surface area (Å²) < 4.78 is 83.4. The lowest BCUT2D eigenvalue weighted by molar-refractivity contribution is 0.660. The van der Waals surface area contributed by atoms with Crippen LogP contribution in [0.3, 0.4) is 0 Å². The summed E-state index contributed by atoms with van der Waals surface area (Å²) in [5.74, 6) is 0. The molecular formula is C135H110N10. The van der Waals surface area contributed by atoms with Crippen LogP contribution in [0.1, 0.15) is 68.4 Å². The first kappa shape index (κ1) is 83.9. The van der Waals surface area contributed by atoms with Gasteiger partial charge in [0.2, 0.25) is 0 Å². The molecule has 0 aliphatic heterocycles. The Balaban J connectivity index is 0.000000123. The van der Waals surface area contributed by atoms with Gasteiger partial charge < -0.3 is 34.8 Å². The molecule has 700 valence electrons. The van der Waals surface area contributed by atoms with Crippen LogP contribution in [0.15, 0.2) is 548 Å². The third-order valence-electron chi connectivity index (χ3n) is 25.2. The van der Waals surface area contributed by atoms with E-state index in [2.05, 4.69) is 419 Å². The van der Waals surface area contributed by atoms with Crippen molar-refractivity contribution < 1.29 is 13.7 Å². The number of aromatic nitrogens is 3. The molecule has 10 nitrogen and oxygen atoms in total. The van der Waals surface area contributed by atoms with E-state index in [0.29, 0.717) is 5.69 Å². The van der Waals surface area contributed by atoms with E-state index >= 15 is 0 Å². The standard InChI is InChI=1S/C32H24N2.C30H21N.C29H25N.C20H17N.C13H10N2.C10H9N3.CH4/c1-2-24-17-19-27(20-18-24)33(25-11-5-3-6-12-25)28-21-22-32-30(23-28)29-15-9-10-16-31(29)34(32)26-13-7-4-8-14-26;1-2-21-11-17-26(18-12-21)31(25-9-4-3-5-10-25)28-20-16-24-14-13-22-7-6-8-23-15-19-27(28)30(24)29(22)23;1-4-21-14-16-23(17-15-21)30(22-10-6-5-7-11-22)24-18-19-26-25-12-8-9-13-27(25)29(2,3)28(26)20-24;1-2-17-13-15-20(16-14-17)21(18-9-5-3-6-10-18)19-11-7-4-8-12-19;1-14-11-7-9-13(10-8-11)15-12-5-3-2-4-6-12;1-3-9(7-11-5-1)13-10-4-2-6-12-8-10;/h2-23H,1H2;2-20H,1H2;4-20H,1H2,2-3H3;2-16H,1H2;2-10,15H;1-8,13H;1H4/i;;;3D,4D,5D,6D,7D,8D,9D,10D,11D,12D;;;. The highest BCUT2D eigenvalue weighted by Gasteiger charge is 2.36. The average Bonchev–Trinajstić information content (AvgIpc) is 1.21. The van der Waals surface area contributed by atoms with Gasteiger partial charge in [0.25, 0.3) is 0 Å². The molecule has 0 amide bonds. The molecule has 2 N–H and O–H groups in total. The van der Waals surface area contributed by atoms with Crippen LogP contribution in [0.2, 0.25) is 0 Å². The van der Waals surface area contributed by atoms with E-state index in [-0.39, 0.29) is 29.9 Å². The van der Waals surface area contributed by atoms with E-state index in [1.807, 2.05) is 85.0 Å². The van der Waals surface area contributed by atoms with Gasteiger partial charge in [0.05, 0.1) is 60.8 Å². The van der Waals surface area contributed by atoms with E-state index in [0.717, 1.165) is 89.7 Å². The summed E-state index contributed by atoms with van der Waals surface area (Å²) in [7, 11) is 0. The molecule has 10 heteroatoms. The first-order valence-electron chi connectivity index (χ1n) is 52.4. The van der Waals surface area contributed by atoms with Crippen molar-refractivity contribution in [3.8, 4) is 16.8 Å². The number of anilines is 16. The Labute approximate surface area is 864 Å². The molecular weight excluding hydrogens is 1760 g/mol. The fraction of sp³-hybridized carbons (Fsp3) is 0.0296. The molecule has 20 aromatic carbocycles. The Morgan fingerprint density at radius 1 is 0.303 bits per heavy atom. The Bertz CT molecular complexity index is 8810. The first-order chi connectivity index (χ1) is 75.1. The lowest BCUT2D eigenvalue weighted by atomic mass is 9.82. The fourth-order valence-electron chi connectivity index (χ4n) is 18.2. The minimum Gasteiger partial charge on any atom is -0.356 e. The fourth-order valence-corrected chi connectivity index (χ4v) is 18.2. The van der Waals surface area contributed by atoms with Gasteiger partial charge in [-0.2, -0.15) is 0 Å². The van der Waals surface area contributed by atoms with Crippen LogP contribution in [0.25, 0.3) is 100 Å². The largest absolute Gasteiger partial charge is 0.356 e. The second kappa shape index (κ2) is 45.6. The van der Waals surface area contributed by atoms with Gasteiger partial charge in [-0.3, -0.25) is 9.97 Å². The van der Waals surface area contributed by atoms with Crippen LogP contribution in [-0.2, 0) is 5.41 Å². The van der Waals surface area contributed by atoms with E-state index in [4.69, 9.17) is 20.3 Å². The van der Waals surface area contributed by atoms with E-state index in [1.165, 1.54) is 93.4 Å². The monoisotopic (exact) mass is 1880 g/mol. The molecule has 1 aliphatic carbocycles. The third kappa shape index (κ3) is 21.8. The second-order valence-corrected chi connectivity index (χ2v) is 34.5. The summed E-state index contributed by atoms with van der Waals surface area (Å²) in [6, 6.07) is 145. The molecule has 0 atom stereocenters. The highest BCUT2D eigenvalue weighted by Crippen LogP contribution is 2.52. The van der Waals surface area contributed by atoms with Gasteiger partial charge in [-0.25, -0.2) is 4.85 Å². The number of nitrogens with one attached hydrogen (secondary N) is 2. The number of fused-ring (bicyclic) bond motifs is 6. The highest BCUT2D eigenvalue weighted by molar-refractivity contribution is 6.26. The molecule has 3 aromatic heterocycles. The molecule has 1 aliphatic rings. The summed E-state index contributed by atoms with van der Waals surface area (Å²) in [5, 5.41) is 16.7.